The summed E-state index contributed by atoms with van der Waals surface area (Å²) in [6, 6.07) is 17.3. The van der Waals surface area contributed by atoms with Crippen LogP contribution in [-0.4, -0.2) is 20.8 Å². The van der Waals surface area contributed by atoms with Crippen molar-refractivity contribution in [2.24, 2.45) is 0 Å². The minimum absolute atomic E-state index is 0.253. The lowest BCUT2D eigenvalue weighted by atomic mass is 10.0. The lowest BCUT2D eigenvalue weighted by Gasteiger charge is -2.15. The van der Waals surface area contributed by atoms with E-state index in [1.807, 2.05) is 19.1 Å². The summed E-state index contributed by atoms with van der Waals surface area (Å²) in [5, 5.41) is 9.77. The van der Waals surface area contributed by atoms with Crippen molar-refractivity contribution in [3.8, 4) is 29.1 Å². The van der Waals surface area contributed by atoms with Gasteiger partial charge in [-0.2, -0.15) is 5.26 Å². The molecule has 0 radical (unpaired) electrons. The van der Waals surface area contributed by atoms with Gasteiger partial charge in [-0.05, 0) is 88.1 Å². The Balaban J connectivity index is 1.93. The van der Waals surface area contributed by atoms with Crippen LogP contribution in [0.3, 0.4) is 0 Å². The standard InChI is InChI=1S/C26H23BrFNO4/c1-4-32-25-13-18(11-20(15-29)19-7-10-23(30-2)24(14-19)31-3)12-22(27)26(25)33-16-17-5-8-21(28)9-6-17/h5-14H,4,16H2,1-3H3/b20-11+. The molecule has 0 saturated carbocycles. The van der Waals surface area contributed by atoms with E-state index in [0.29, 0.717) is 45.2 Å². The molecule has 0 spiro atoms. The van der Waals surface area contributed by atoms with Crippen LogP contribution in [0.4, 0.5) is 4.39 Å². The molecule has 0 aliphatic carbocycles. The van der Waals surface area contributed by atoms with Crippen LogP contribution >= 0.6 is 15.9 Å². The van der Waals surface area contributed by atoms with Gasteiger partial charge in [-0.25, -0.2) is 4.39 Å². The molecule has 0 bridgehead atoms. The largest absolute Gasteiger partial charge is 0.493 e. The van der Waals surface area contributed by atoms with E-state index in [1.54, 1.807) is 50.6 Å². The van der Waals surface area contributed by atoms with Crippen molar-refractivity contribution in [1.82, 2.24) is 0 Å². The predicted molar refractivity (Wildman–Crippen MR) is 129 cm³/mol. The Morgan fingerprint density at radius 2 is 1.70 bits per heavy atom. The molecule has 0 aromatic heterocycles. The van der Waals surface area contributed by atoms with Gasteiger partial charge in [-0.15, -0.1) is 0 Å². The Morgan fingerprint density at radius 1 is 0.970 bits per heavy atom. The number of nitrogens with zero attached hydrogens (tertiary/aromatic N) is 1. The summed E-state index contributed by atoms with van der Waals surface area (Å²) >= 11 is 3.55. The Bertz CT molecular complexity index is 1190. The number of nitriles is 1. The van der Waals surface area contributed by atoms with E-state index < -0.39 is 0 Å². The molecule has 0 aliphatic rings. The Morgan fingerprint density at radius 3 is 2.33 bits per heavy atom. The molecular formula is C26H23BrFNO4. The lowest BCUT2D eigenvalue weighted by Crippen LogP contribution is -2.01. The number of benzene rings is 3. The van der Waals surface area contributed by atoms with E-state index in [9.17, 15) is 9.65 Å². The van der Waals surface area contributed by atoms with Crippen molar-refractivity contribution >= 4 is 27.6 Å². The summed E-state index contributed by atoms with van der Waals surface area (Å²) in [7, 11) is 3.11. The molecule has 0 atom stereocenters. The quantitative estimate of drug-likeness (QED) is 0.237. The molecule has 0 aliphatic heterocycles. The molecule has 170 valence electrons. The molecule has 0 heterocycles. The average molecular weight is 512 g/mol. The van der Waals surface area contributed by atoms with Gasteiger partial charge < -0.3 is 18.9 Å². The first kappa shape index (κ1) is 24.1. The van der Waals surface area contributed by atoms with Crippen LogP contribution in [-0.2, 0) is 6.61 Å². The maximum atomic E-state index is 13.1. The van der Waals surface area contributed by atoms with E-state index in [2.05, 4.69) is 22.0 Å². The number of hydrogen-bond donors (Lipinski definition) is 0. The van der Waals surface area contributed by atoms with Crippen LogP contribution in [0.2, 0.25) is 0 Å². The number of ether oxygens (including phenoxy) is 4. The fourth-order valence-electron chi connectivity index (χ4n) is 3.16. The topological polar surface area (TPSA) is 60.7 Å². The van der Waals surface area contributed by atoms with E-state index in [-0.39, 0.29) is 12.4 Å². The van der Waals surface area contributed by atoms with Gasteiger partial charge in [0, 0.05) is 0 Å². The maximum absolute atomic E-state index is 13.1. The van der Waals surface area contributed by atoms with Crippen LogP contribution in [0, 0.1) is 17.1 Å². The van der Waals surface area contributed by atoms with Crippen molar-refractivity contribution < 1.29 is 23.3 Å². The summed E-state index contributed by atoms with van der Waals surface area (Å²) in [4.78, 5) is 0. The maximum Gasteiger partial charge on any atom is 0.175 e. The van der Waals surface area contributed by atoms with Crippen molar-refractivity contribution in [2.75, 3.05) is 20.8 Å². The second-order valence-corrected chi connectivity index (χ2v) is 7.77. The molecule has 3 rings (SSSR count). The van der Waals surface area contributed by atoms with E-state index in [0.717, 1.165) is 11.1 Å². The summed E-state index contributed by atoms with van der Waals surface area (Å²) in [6.07, 6.45) is 1.76. The van der Waals surface area contributed by atoms with Gasteiger partial charge in [0.05, 0.1) is 36.9 Å². The number of rotatable bonds is 9. The third-order valence-electron chi connectivity index (χ3n) is 4.75. The summed E-state index contributed by atoms with van der Waals surface area (Å²) in [6.45, 7) is 2.57. The van der Waals surface area contributed by atoms with Crippen LogP contribution in [0.25, 0.3) is 11.6 Å². The van der Waals surface area contributed by atoms with Crippen molar-refractivity contribution in [3.63, 3.8) is 0 Å². The first-order valence-electron chi connectivity index (χ1n) is 10.2. The van der Waals surface area contributed by atoms with Crippen LogP contribution < -0.4 is 18.9 Å². The molecule has 0 saturated heterocycles. The van der Waals surface area contributed by atoms with Gasteiger partial charge in [-0.1, -0.05) is 12.1 Å². The highest BCUT2D eigenvalue weighted by molar-refractivity contribution is 9.10. The molecular weight excluding hydrogens is 489 g/mol. The third kappa shape index (κ3) is 6.05. The van der Waals surface area contributed by atoms with Crippen molar-refractivity contribution in [3.05, 3.63) is 81.6 Å². The zero-order valence-corrected chi connectivity index (χ0v) is 20.1. The normalized spacial score (nSPS) is 11.0. The molecule has 0 unspecified atom stereocenters. The Kier molecular flexibility index (Phi) is 8.34. The monoisotopic (exact) mass is 511 g/mol. The van der Waals surface area contributed by atoms with Gasteiger partial charge in [-0.3, -0.25) is 0 Å². The minimum atomic E-state index is -0.297. The third-order valence-corrected chi connectivity index (χ3v) is 5.34. The summed E-state index contributed by atoms with van der Waals surface area (Å²) in [5.74, 6) is 1.89. The number of methoxy groups -OCH3 is 2. The highest BCUT2D eigenvalue weighted by Gasteiger charge is 2.14. The predicted octanol–water partition coefficient (Wildman–Crippen LogP) is 6.65. The fourth-order valence-corrected chi connectivity index (χ4v) is 3.74. The van der Waals surface area contributed by atoms with Gasteiger partial charge in [0.1, 0.15) is 12.4 Å². The van der Waals surface area contributed by atoms with Crippen LogP contribution in [0.5, 0.6) is 23.0 Å². The Labute approximate surface area is 201 Å². The van der Waals surface area contributed by atoms with Crippen molar-refractivity contribution in [1.29, 1.82) is 5.26 Å². The molecule has 5 nitrogen and oxygen atoms in total. The number of allylic oxidation sites excluding steroid dienone is 1. The summed E-state index contributed by atoms with van der Waals surface area (Å²) in [5.41, 5.74) is 2.73. The molecule has 0 fully saturated rings. The fraction of sp³-hybridized carbons (Fsp3) is 0.192. The number of halogens is 2. The molecule has 3 aromatic rings. The lowest BCUT2D eigenvalue weighted by molar-refractivity contribution is 0.267. The average Bonchev–Trinajstić information content (AvgIpc) is 2.82. The zero-order chi connectivity index (χ0) is 23.8. The van der Waals surface area contributed by atoms with Crippen LogP contribution in [0.15, 0.2) is 59.1 Å². The minimum Gasteiger partial charge on any atom is -0.493 e. The van der Waals surface area contributed by atoms with E-state index >= 15 is 0 Å². The zero-order valence-electron chi connectivity index (χ0n) is 18.5. The molecule has 33 heavy (non-hydrogen) atoms. The smallest absolute Gasteiger partial charge is 0.175 e. The van der Waals surface area contributed by atoms with Gasteiger partial charge >= 0.3 is 0 Å². The molecule has 0 N–H and O–H groups in total. The van der Waals surface area contributed by atoms with E-state index in [1.165, 1.54) is 12.1 Å². The van der Waals surface area contributed by atoms with E-state index in [4.69, 9.17) is 18.9 Å². The Hall–Kier alpha value is -3.50. The highest BCUT2D eigenvalue weighted by atomic mass is 79.9. The van der Waals surface area contributed by atoms with Gasteiger partial charge in [0.2, 0.25) is 0 Å². The van der Waals surface area contributed by atoms with Crippen LogP contribution in [0.1, 0.15) is 23.6 Å². The summed E-state index contributed by atoms with van der Waals surface area (Å²) < 4.78 is 36.2. The van der Waals surface area contributed by atoms with Crippen molar-refractivity contribution in [2.45, 2.75) is 13.5 Å². The second kappa shape index (κ2) is 11.4. The molecule has 3 aromatic carbocycles. The SMILES string of the molecule is CCOc1cc(/C=C(\C#N)c2ccc(OC)c(OC)c2)cc(Br)c1OCc1ccc(F)cc1. The van der Waals surface area contributed by atoms with Gasteiger partial charge in [0.15, 0.2) is 23.0 Å². The van der Waals surface area contributed by atoms with Gasteiger partial charge in [0.25, 0.3) is 0 Å². The number of hydrogen-bond acceptors (Lipinski definition) is 5. The second-order valence-electron chi connectivity index (χ2n) is 6.92. The first-order valence-corrected chi connectivity index (χ1v) is 11.0. The first-order chi connectivity index (χ1) is 16.0. The highest BCUT2D eigenvalue weighted by Crippen LogP contribution is 2.39. The molecule has 0 amide bonds. The molecule has 7 heteroatoms.